The Labute approximate surface area is 209 Å². The average molecular weight is 516 g/mol. The molecule has 2 aromatic carbocycles. The van der Waals surface area contributed by atoms with Crippen molar-refractivity contribution < 1.29 is 22.9 Å². The van der Waals surface area contributed by atoms with Crippen LogP contribution >= 0.6 is 23.7 Å². The second-order valence-electron chi connectivity index (χ2n) is 8.31. The van der Waals surface area contributed by atoms with Crippen molar-refractivity contribution in [2.24, 2.45) is 11.6 Å². The summed E-state index contributed by atoms with van der Waals surface area (Å²) in [6.07, 6.45) is 1.31. The number of hydrogen-bond donors (Lipinski definition) is 3. The lowest BCUT2D eigenvalue weighted by molar-refractivity contribution is 0.122. The number of benzene rings is 2. The number of nitrogens with zero attached hydrogens (tertiary/aromatic N) is 1. The summed E-state index contributed by atoms with van der Waals surface area (Å²) in [5, 5.41) is 10.9. The number of halogens is 3. The summed E-state index contributed by atoms with van der Waals surface area (Å²) in [7, 11) is 0. The van der Waals surface area contributed by atoms with Crippen LogP contribution in [-0.2, 0) is 5.41 Å². The summed E-state index contributed by atoms with van der Waals surface area (Å²) in [6, 6.07) is 12.4. The molecule has 0 saturated heterocycles. The van der Waals surface area contributed by atoms with Crippen molar-refractivity contribution in [1.29, 1.82) is 0 Å². The van der Waals surface area contributed by atoms with Crippen LogP contribution in [0.4, 0.5) is 8.28 Å². The molecule has 0 saturated carbocycles. The van der Waals surface area contributed by atoms with Crippen LogP contribution in [0.2, 0.25) is 0 Å². The Kier molecular flexibility index (Phi) is 11.2. The highest BCUT2D eigenvalue weighted by atomic mass is 35.5. The first-order valence-corrected chi connectivity index (χ1v) is 12.2. The van der Waals surface area contributed by atoms with Crippen molar-refractivity contribution in [3.63, 3.8) is 0 Å². The van der Waals surface area contributed by atoms with Gasteiger partial charge in [0, 0.05) is 30.3 Å². The SMILES string of the molecule is CC(C)(c1ccc(OCCCN(N)/C=C(\N)CSF)cc1)c1ccc(OCC(O)CCl)c(F)c1. The van der Waals surface area contributed by atoms with Gasteiger partial charge in [0.25, 0.3) is 0 Å². The van der Waals surface area contributed by atoms with Crippen molar-refractivity contribution in [2.75, 3.05) is 31.4 Å². The number of nitrogens with two attached hydrogens (primary N) is 2. The third-order valence-corrected chi connectivity index (χ3v) is 6.02. The molecule has 10 heteroatoms. The van der Waals surface area contributed by atoms with Crippen molar-refractivity contribution in [3.05, 3.63) is 71.3 Å². The number of ether oxygens (including phenoxy) is 2. The summed E-state index contributed by atoms with van der Waals surface area (Å²) in [5.74, 6) is 6.18. The number of alkyl halides is 1. The lowest BCUT2D eigenvalue weighted by atomic mass is 9.78. The maximum absolute atomic E-state index is 14.6. The zero-order valence-electron chi connectivity index (χ0n) is 19.3. The van der Waals surface area contributed by atoms with E-state index in [2.05, 4.69) is 0 Å². The standard InChI is InChI=1S/C24H32ClF2N3O3S/c1-24(2,18-6-9-23(22(26)12-18)33-15-20(31)13-25)17-4-7-21(8-5-17)32-11-3-10-30(29)14-19(28)16-34-27/h4-9,12,14,20,31H,3,10-11,13,15-16,28-29H2,1-2H3/b19-14-. The van der Waals surface area contributed by atoms with E-state index in [1.807, 2.05) is 44.2 Å². The molecule has 0 bridgehead atoms. The van der Waals surface area contributed by atoms with E-state index in [1.54, 1.807) is 6.07 Å². The Morgan fingerprint density at radius 2 is 1.88 bits per heavy atom. The Hall–Kier alpha value is -2.20. The lowest BCUT2D eigenvalue weighted by Crippen LogP contribution is -2.28. The Morgan fingerprint density at radius 3 is 2.50 bits per heavy atom. The fourth-order valence-corrected chi connectivity index (χ4v) is 3.48. The van der Waals surface area contributed by atoms with Gasteiger partial charge in [-0.1, -0.05) is 32.0 Å². The van der Waals surface area contributed by atoms with E-state index in [0.29, 0.717) is 31.0 Å². The van der Waals surface area contributed by atoms with Gasteiger partial charge in [0.1, 0.15) is 18.5 Å². The minimum atomic E-state index is -0.852. The van der Waals surface area contributed by atoms with Gasteiger partial charge in [-0.25, -0.2) is 10.2 Å². The monoisotopic (exact) mass is 515 g/mol. The van der Waals surface area contributed by atoms with Crippen molar-refractivity contribution in [2.45, 2.75) is 31.8 Å². The molecule has 0 aliphatic carbocycles. The van der Waals surface area contributed by atoms with Gasteiger partial charge < -0.3 is 25.3 Å². The second kappa shape index (κ2) is 13.6. The third kappa shape index (κ3) is 8.54. The number of hydrazine groups is 1. The molecule has 2 rings (SSSR count). The molecule has 6 nitrogen and oxygen atoms in total. The summed E-state index contributed by atoms with van der Waals surface area (Å²) in [5.41, 5.74) is 7.30. The minimum Gasteiger partial charge on any atom is -0.494 e. The molecule has 0 aromatic heterocycles. The predicted molar refractivity (Wildman–Crippen MR) is 134 cm³/mol. The number of aliphatic hydroxyl groups is 1. The van der Waals surface area contributed by atoms with Gasteiger partial charge in [0.15, 0.2) is 11.6 Å². The molecule has 1 unspecified atom stereocenters. The molecular weight excluding hydrogens is 484 g/mol. The highest BCUT2D eigenvalue weighted by Crippen LogP contribution is 2.34. The topological polar surface area (TPSA) is 94.0 Å². The average Bonchev–Trinajstić information content (AvgIpc) is 2.81. The van der Waals surface area contributed by atoms with Crippen LogP contribution in [0, 0.1) is 5.82 Å². The smallest absolute Gasteiger partial charge is 0.165 e. The first-order valence-electron chi connectivity index (χ1n) is 10.8. The van der Waals surface area contributed by atoms with E-state index in [0.717, 1.165) is 11.1 Å². The molecule has 0 heterocycles. The highest BCUT2D eigenvalue weighted by Gasteiger charge is 2.24. The normalized spacial score (nSPS) is 13.0. The Bertz CT molecular complexity index is 932. The van der Waals surface area contributed by atoms with Gasteiger partial charge in [-0.05, 0) is 35.4 Å². The molecule has 188 valence electrons. The van der Waals surface area contributed by atoms with Gasteiger partial charge in [0.2, 0.25) is 0 Å². The minimum absolute atomic E-state index is 0.0191. The predicted octanol–water partition coefficient (Wildman–Crippen LogP) is 4.49. The molecule has 1 atom stereocenters. The van der Waals surface area contributed by atoms with Crippen LogP contribution in [0.15, 0.2) is 54.4 Å². The van der Waals surface area contributed by atoms with Crippen molar-refractivity contribution in [1.82, 2.24) is 5.01 Å². The van der Waals surface area contributed by atoms with Gasteiger partial charge in [-0.15, -0.1) is 11.6 Å². The zero-order chi connectivity index (χ0) is 25.1. The van der Waals surface area contributed by atoms with Crippen LogP contribution in [0.1, 0.15) is 31.4 Å². The van der Waals surface area contributed by atoms with E-state index < -0.39 is 17.3 Å². The summed E-state index contributed by atoms with van der Waals surface area (Å²) in [6.45, 7) is 4.90. The molecule has 5 N–H and O–H groups in total. The van der Waals surface area contributed by atoms with E-state index in [4.69, 9.17) is 32.7 Å². The zero-order valence-corrected chi connectivity index (χ0v) is 20.9. The molecule has 0 aliphatic rings. The fourth-order valence-electron chi connectivity index (χ4n) is 3.19. The second-order valence-corrected chi connectivity index (χ2v) is 9.13. The van der Waals surface area contributed by atoms with E-state index in [1.165, 1.54) is 17.3 Å². The number of aliphatic hydroxyl groups excluding tert-OH is 1. The maximum Gasteiger partial charge on any atom is 0.165 e. The fraction of sp³-hybridized carbons (Fsp3) is 0.417. The van der Waals surface area contributed by atoms with Gasteiger partial charge in [0.05, 0.1) is 30.4 Å². The third-order valence-electron chi connectivity index (χ3n) is 5.22. The van der Waals surface area contributed by atoms with Crippen LogP contribution in [0.3, 0.4) is 0 Å². The first-order chi connectivity index (χ1) is 16.2. The molecule has 0 spiro atoms. The molecule has 0 amide bonds. The van der Waals surface area contributed by atoms with Crippen LogP contribution in [0.5, 0.6) is 11.5 Å². The van der Waals surface area contributed by atoms with E-state index in [9.17, 15) is 13.4 Å². The Balaban J connectivity index is 1.93. The van der Waals surface area contributed by atoms with Crippen LogP contribution in [0.25, 0.3) is 0 Å². The first kappa shape index (κ1) is 28.0. The highest BCUT2D eigenvalue weighted by molar-refractivity contribution is 7.94. The summed E-state index contributed by atoms with van der Waals surface area (Å²) in [4.78, 5) is 0. The van der Waals surface area contributed by atoms with Crippen LogP contribution < -0.4 is 21.1 Å². The summed E-state index contributed by atoms with van der Waals surface area (Å²) < 4.78 is 37.8. The number of hydrogen-bond acceptors (Lipinski definition) is 7. The summed E-state index contributed by atoms with van der Waals surface area (Å²) >= 11 is 5.69. The lowest BCUT2D eigenvalue weighted by Gasteiger charge is -2.27. The van der Waals surface area contributed by atoms with Gasteiger partial charge >= 0.3 is 0 Å². The van der Waals surface area contributed by atoms with Gasteiger partial charge in [-0.3, -0.25) is 0 Å². The van der Waals surface area contributed by atoms with E-state index in [-0.39, 0.29) is 36.1 Å². The molecule has 34 heavy (non-hydrogen) atoms. The van der Waals surface area contributed by atoms with E-state index >= 15 is 0 Å². The van der Waals surface area contributed by atoms with Crippen molar-refractivity contribution >= 4 is 23.7 Å². The maximum atomic E-state index is 14.6. The van der Waals surface area contributed by atoms with Gasteiger partial charge in [-0.2, -0.15) is 3.89 Å². The van der Waals surface area contributed by atoms with Crippen LogP contribution in [-0.4, -0.2) is 47.6 Å². The number of rotatable bonds is 14. The molecule has 0 fully saturated rings. The molecular formula is C24H32ClF2N3O3S. The Morgan fingerprint density at radius 1 is 1.21 bits per heavy atom. The quantitative estimate of drug-likeness (QED) is 0.148. The molecule has 0 radical (unpaired) electrons. The van der Waals surface area contributed by atoms with Crippen molar-refractivity contribution in [3.8, 4) is 11.5 Å². The molecule has 2 aromatic rings. The molecule has 0 aliphatic heterocycles. The largest absolute Gasteiger partial charge is 0.494 e.